The Balaban J connectivity index is 0.00000364. The molecule has 1 aliphatic rings. The summed E-state index contributed by atoms with van der Waals surface area (Å²) in [7, 11) is 1.80. The van der Waals surface area contributed by atoms with Crippen LogP contribution in [0.2, 0.25) is 0 Å². The summed E-state index contributed by atoms with van der Waals surface area (Å²) < 4.78 is 5.38. The second-order valence-corrected chi connectivity index (χ2v) is 8.82. The molecule has 1 fully saturated rings. The predicted octanol–water partition coefficient (Wildman–Crippen LogP) is 3.84. The minimum absolute atomic E-state index is 0. The van der Waals surface area contributed by atoms with E-state index in [-0.39, 0.29) is 29.5 Å². The number of aliphatic imine (C=N–C) groups is 1. The fraction of sp³-hybridized carbons (Fsp3) is 0.800. The van der Waals surface area contributed by atoms with Gasteiger partial charge in [-0.3, -0.25) is 9.89 Å². The van der Waals surface area contributed by atoms with Crippen molar-refractivity contribution in [2.45, 2.75) is 66.0 Å². The van der Waals surface area contributed by atoms with Crippen LogP contribution < -0.4 is 10.6 Å². The summed E-state index contributed by atoms with van der Waals surface area (Å²) in [6, 6.07) is 2.01. The van der Waals surface area contributed by atoms with Crippen LogP contribution in [-0.4, -0.2) is 48.2 Å². The monoisotopic (exact) mass is 491 g/mol. The second kappa shape index (κ2) is 10.6. The number of nitrogens with zero attached hydrogens (tertiary/aromatic N) is 3. The first-order valence-electron chi connectivity index (χ1n) is 9.86. The zero-order valence-corrected chi connectivity index (χ0v) is 20.3. The Bertz CT molecular complexity index is 589. The van der Waals surface area contributed by atoms with Crippen LogP contribution in [0.25, 0.3) is 0 Å². The lowest BCUT2D eigenvalue weighted by molar-refractivity contribution is 0.0483. The first-order valence-corrected chi connectivity index (χ1v) is 9.86. The second-order valence-electron chi connectivity index (χ2n) is 8.82. The van der Waals surface area contributed by atoms with Gasteiger partial charge in [0.25, 0.3) is 0 Å². The molecule has 7 heteroatoms. The number of halogens is 1. The van der Waals surface area contributed by atoms with Crippen LogP contribution in [0.1, 0.15) is 65.3 Å². The SMILES string of the molecule is CN=C(NCc1cc(C(C)C)no1)NCC(C)(C)N1CC(C)CC(C)C1.I. The van der Waals surface area contributed by atoms with Crippen molar-refractivity contribution in [3.63, 3.8) is 0 Å². The normalized spacial score (nSPS) is 21.9. The Labute approximate surface area is 181 Å². The van der Waals surface area contributed by atoms with E-state index in [4.69, 9.17) is 4.52 Å². The molecule has 0 aliphatic carbocycles. The molecule has 0 saturated carbocycles. The third kappa shape index (κ3) is 7.25. The zero-order valence-electron chi connectivity index (χ0n) is 18.0. The lowest BCUT2D eigenvalue weighted by atomic mass is 9.88. The molecule has 2 atom stereocenters. The van der Waals surface area contributed by atoms with E-state index in [0.29, 0.717) is 12.5 Å². The van der Waals surface area contributed by atoms with Crippen LogP contribution in [0.4, 0.5) is 0 Å². The molecule has 0 bridgehead atoms. The molecule has 0 amide bonds. The van der Waals surface area contributed by atoms with Gasteiger partial charge in [-0.1, -0.05) is 32.9 Å². The molecule has 2 N–H and O–H groups in total. The standard InChI is InChI=1S/C20H37N5O.HI/c1-14(2)18-9-17(26-24-18)10-22-19(21-7)23-13-20(5,6)25-11-15(3)8-16(4)12-25;/h9,14-16H,8,10-13H2,1-7H3,(H2,21,22,23);1H. The fourth-order valence-electron chi connectivity index (χ4n) is 3.64. The summed E-state index contributed by atoms with van der Waals surface area (Å²) >= 11 is 0. The molecule has 6 nitrogen and oxygen atoms in total. The number of hydrogen-bond acceptors (Lipinski definition) is 4. The van der Waals surface area contributed by atoms with Crippen molar-refractivity contribution in [2.75, 3.05) is 26.7 Å². The maximum atomic E-state index is 5.38. The molecular weight excluding hydrogens is 453 g/mol. The molecule has 0 spiro atoms. The van der Waals surface area contributed by atoms with Crippen molar-refractivity contribution in [3.05, 3.63) is 17.5 Å². The third-order valence-electron chi connectivity index (χ3n) is 5.24. The Morgan fingerprint density at radius 2 is 1.93 bits per heavy atom. The first kappa shape index (κ1) is 24.2. The molecular formula is C20H38IN5O. The number of likely N-dealkylation sites (tertiary alicyclic amines) is 1. The van der Waals surface area contributed by atoms with Crippen molar-refractivity contribution >= 4 is 29.9 Å². The van der Waals surface area contributed by atoms with Gasteiger partial charge in [0.2, 0.25) is 0 Å². The molecule has 2 heterocycles. The van der Waals surface area contributed by atoms with Gasteiger partial charge in [-0.25, -0.2) is 0 Å². The van der Waals surface area contributed by atoms with Gasteiger partial charge >= 0.3 is 0 Å². The number of nitrogens with one attached hydrogen (secondary N) is 2. The van der Waals surface area contributed by atoms with Crippen molar-refractivity contribution in [3.8, 4) is 0 Å². The first-order chi connectivity index (χ1) is 12.2. The van der Waals surface area contributed by atoms with Gasteiger partial charge in [0.05, 0.1) is 12.2 Å². The molecule has 1 saturated heterocycles. The average molecular weight is 491 g/mol. The van der Waals surface area contributed by atoms with E-state index in [1.54, 1.807) is 7.05 Å². The van der Waals surface area contributed by atoms with E-state index in [1.807, 2.05) is 6.07 Å². The summed E-state index contributed by atoms with van der Waals surface area (Å²) in [4.78, 5) is 6.95. The molecule has 1 aliphatic heterocycles. The van der Waals surface area contributed by atoms with Crippen molar-refractivity contribution in [1.82, 2.24) is 20.7 Å². The highest BCUT2D eigenvalue weighted by Crippen LogP contribution is 2.26. The van der Waals surface area contributed by atoms with Crippen LogP contribution in [0.15, 0.2) is 15.6 Å². The summed E-state index contributed by atoms with van der Waals surface area (Å²) in [6.45, 7) is 17.3. The maximum absolute atomic E-state index is 5.38. The van der Waals surface area contributed by atoms with Crippen molar-refractivity contribution in [1.29, 1.82) is 0 Å². The smallest absolute Gasteiger partial charge is 0.191 e. The van der Waals surface area contributed by atoms with E-state index in [0.717, 1.165) is 35.8 Å². The highest BCUT2D eigenvalue weighted by atomic mass is 127. The van der Waals surface area contributed by atoms with Gasteiger partial charge in [0.1, 0.15) is 0 Å². The fourth-order valence-corrected chi connectivity index (χ4v) is 3.64. The number of rotatable bonds is 6. The summed E-state index contributed by atoms with van der Waals surface area (Å²) in [5.74, 6) is 3.52. The van der Waals surface area contributed by atoms with Crippen molar-refractivity contribution < 1.29 is 4.52 Å². The average Bonchev–Trinajstić information content (AvgIpc) is 3.03. The summed E-state index contributed by atoms with van der Waals surface area (Å²) in [6.07, 6.45) is 1.33. The van der Waals surface area contributed by atoms with E-state index < -0.39 is 0 Å². The quantitative estimate of drug-likeness (QED) is 0.360. The van der Waals surface area contributed by atoms with Crippen LogP contribution >= 0.6 is 24.0 Å². The highest BCUT2D eigenvalue weighted by Gasteiger charge is 2.32. The van der Waals surface area contributed by atoms with Crippen molar-refractivity contribution in [2.24, 2.45) is 16.8 Å². The summed E-state index contributed by atoms with van der Waals surface area (Å²) in [5, 5.41) is 10.9. The summed E-state index contributed by atoms with van der Waals surface area (Å²) in [5.41, 5.74) is 1.07. The van der Waals surface area contributed by atoms with E-state index >= 15 is 0 Å². The predicted molar refractivity (Wildman–Crippen MR) is 123 cm³/mol. The van der Waals surface area contributed by atoms with Gasteiger partial charge < -0.3 is 15.2 Å². The highest BCUT2D eigenvalue weighted by molar-refractivity contribution is 14.0. The van der Waals surface area contributed by atoms with E-state index in [1.165, 1.54) is 19.5 Å². The van der Waals surface area contributed by atoms with Crippen LogP contribution in [-0.2, 0) is 6.54 Å². The van der Waals surface area contributed by atoms with Gasteiger partial charge in [0.15, 0.2) is 11.7 Å². The molecule has 156 valence electrons. The number of aromatic nitrogens is 1. The lowest BCUT2D eigenvalue weighted by Gasteiger charge is -2.45. The van der Waals surface area contributed by atoms with Gasteiger partial charge in [-0.15, -0.1) is 24.0 Å². The molecule has 1 aromatic rings. The van der Waals surface area contributed by atoms with E-state index in [9.17, 15) is 0 Å². The maximum Gasteiger partial charge on any atom is 0.191 e. The zero-order chi connectivity index (χ0) is 19.3. The molecule has 2 rings (SSSR count). The Morgan fingerprint density at radius 3 is 2.44 bits per heavy atom. The van der Waals surface area contributed by atoms with E-state index in [2.05, 4.69) is 67.2 Å². The molecule has 2 unspecified atom stereocenters. The van der Waals surface area contributed by atoms with Crippen LogP contribution in [0.5, 0.6) is 0 Å². The number of hydrogen-bond donors (Lipinski definition) is 2. The van der Waals surface area contributed by atoms with Crippen LogP contribution in [0, 0.1) is 11.8 Å². The molecule has 0 radical (unpaired) electrons. The molecule has 1 aromatic heterocycles. The Kier molecular flexibility index (Phi) is 9.54. The minimum Gasteiger partial charge on any atom is -0.359 e. The lowest BCUT2D eigenvalue weighted by Crippen LogP contribution is -2.57. The molecule has 27 heavy (non-hydrogen) atoms. The minimum atomic E-state index is 0. The largest absolute Gasteiger partial charge is 0.359 e. The van der Waals surface area contributed by atoms with Gasteiger partial charge in [0, 0.05) is 38.3 Å². The van der Waals surface area contributed by atoms with Gasteiger partial charge in [-0.05, 0) is 38.0 Å². The molecule has 0 aromatic carbocycles. The van der Waals surface area contributed by atoms with Crippen LogP contribution in [0.3, 0.4) is 0 Å². The number of piperidine rings is 1. The van der Waals surface area contributed by atoms with Gasteiger partial charge in [-0.2, -0.15) is 0 Å². The topological polar surface area (TPSA) is 65.7 Å². The number of guanidine groups is 1. The Hall–Kier alpha value is -0.830. The third-order valence-corrected chi connectivity index (χ3v) is 5.24. The Morgan fingerprint density at radius 1 is 1.30 bits per heavy atom.